The predicted molar refractivity (Wildman–Crippen MR) is 47.1 cm³/mol. The molecule has 2 aromatic heterocycles. The van der Waals surface area contributed by atoms with Crippen molar-refractivity contribution in [2.24, 2.45) is 0 Å². The first-order valence-corrected chi connectivity index (χ1v) is 3.89. The Bertz CT molecular complexity index is 428. The van der Waals surface area contributed by atoms with Crippen LogP contribution in [0.5, 0.6) is 0 Å². The lowest BCUT2D eigenvalue weighted by Gasteiger charge is -1.97. The molecule has 0 fully saturated rings. The highest BCUT2D eigenvalue weighted by atomic mass is 35.5. The van der Waals surface area contributed by atoms with Crippen LogP contribution in [0.4, 0.5) is 0 Å². The SMILES string of the molecule is Cc1nccc2nc(Cl)cnc12. The quantitative estimate of drug-likeness (QED) is 0.621. The second-order valence-corrected chi connectivity index (χ2v) is 2.84. The Kier molecular flexibility index (Phi) is 1.66. The van der Waals surface area contributed by atoms with Crippen molar-refractivity contribution in [3.8, 4) is 0 Å². The van der Waals surface area contributed by atoms with E-state index in [1.54, 1.807) is 12.3 Å². The van der Waals surface area contributed by atoms with Gasteiger partial charge in [-0.15, -0.1) is 0 Å². The molecule has 0 saturated heterocycles. The average Bonchev–Trinajstić information content (AvgIpc) is 2.04. The molecule has 0 amide bonds. The van der Waals surface area contributed by atoms with E-state index < -0.39 is 0 Å². The summed E-state index contributed by atoms with van der Waals surface area (Å²) >= 11 is 5.68. The molecule has 0 radical (unpaired) electrons. The third-order valence-corrected chi connectivity index (χ3v) is 1.80. The molecule has 0 bridgehead atoms. The number of aryl methyl sites for hydroxylation is 1. The van der Waals surface area contributed by atoms with Crippen molar-refractivity contribution < 1.29 is 0 Å². The van der Waals surface area contributed by atoms with Gasteiger partial charge >= 0.3 is 0 Å². The van der Waals surface area contributed by atoms with Crippen LogP contribution < -0.4 is 0 Å². The van der Waals surface area contributed by atoms with Gasteiger partial charge in [-0.3, -0.25) is 4.98 Å². The van der Waals surface area contributed by atoms with Gasteiger partial charge in [-0.1, -0.05) is 11.6 Å². The van der Waals surface area contributed by atoms with Gasteiger partial charge in [-0.25, -0.2) is 9.97 Å². The third-order valence-electron chi connectivity index (χ3n) is 1.61. The van der Waals surface area contributed by atoms with Crippen LogP contribution in [0.15, 0.2) is 18.5 Å². The van der Waals surface area contributed by atoms with E-state index in [0.717, 1.165) is 16.7 Å². The van der Waals surface area contributed by atoms with Crippen LogP contribution in [-0.2, 0) is 0 Å². The lowest BCUT2D eigenvalue weighted by molar-refractivity contribution is 1.18. The Hall–Kier alpha value is -1.22. The fraction of sp³-hybridized carbons (Fsp3) is 0.125. The van der Waals surface area contributed by atoms with Gasteiger partial charge in [-0.05, 0) is 13.0 Å². The molecule has 0 aliphatic carbocycles. The number of rotatable bonds is 0. The number of pyridine rings is 1. The van der Waals surface area contributed by atoms with E-state index in [1.807, 2.05) is 6.92 Å². The number of aromatic nitrogens is 3. The number of fused-ring (bicyclic) bond motifs is 1. The molecule has 2 heterocycles. The van der Waals surface area contributed by atoms with E-state index in [0.29, 0.717) is 5.15 Å². The molecule has 0 aromatic carbocycles. The first-order chi connectivity index (χ1) is 5.77. The van der Waals surface area contributed by atoms with Crippen molar-refractivity contribution in [1.82, 2.24) is 15.0 Å². The van der Waals surface area contributed by atoms with Crippen molar-refractivity contribution in [3.05, 3.63) is 29.3 Å². The summed E-state index contributed by atoms with van der Waals surface area (Å²) in [5.74, 6) is 0. The van der Waals surface area contributed by atoms with Crippen molar-refractivity contribution in [1.29, 1.82) is 0 Å². The smallest absolute Gasteiger partial charge is 0.148 e. The maximum absolute atomic E-state index is 5.68. The maximum Gasteiger partial charge on any atom is 0.148 e. The Morgan fingerprint density at radius 3 is 3.00 bits per heavy atom. The minimum atomic E-state index is 0.410. The Balaban J connectivity index is 2.86. The summed E-state index contributed by atoms with van der Waals surface area (Å²) in [6.45, 7) is 1.89. The largest absolute Gasteiger partial charge is 0.259 e. The van der Waals surface area contributed by atoms with Gasteiger partial charge < -0.3 is 0 Å². The molecule has 0 atom stereocenters. The second kappa shape index (κ2) is 2.68. The van der Waals surface area contributed by atoms with Gasteiger partial charge in [0.2, 0.25) is 0 Å². The summed E-state index contributed by atoms with van der Waals surface area (Å²) in [6.07, 6.45) is 3.22. The Morgan fingerprint density at radius 2 is 2.17 bits per heavy atom. The molecular weight excluding hydrogens is 174 g/mol. The van der Waals surface area contributed by atoms with Gasteiger partial charge in [0.05, 0.1) is 17.4 Å². The molecule has 0 spiro atoms. The fourth-order valence-corrected chi connectivity index (χ4v) is 1.20. The summed E-state index contributed by atoms with van der Waals surface area (Å²) in [4.78, 5) is 12.3. The molecular formula is C8H6ClN3. The number of halogens is 1. The summed E-state index contributed by atoms with van der Waals surface area (Å²) in [7, 11) is 0. The van der Waals surface area contributed by atoms with Crippen LogP contribution in [0.25, 0.3) is 11.0 Å². The molecule has 2 rings (SSSR count). The number of nitrogens with zero attached hydrogens (tertiary/aromatic N) is 3. The zero-order valence-electron chi connectivity index (χ0n) is 6.45. The zero-order valence-corrected chi connectivity index (χ0v) is 7.21. The average molecular weight is 180 g/mol. The minimum absolute atomic E-state index is 0.410. The van der Waals surface area contributed by atoms with Gasteiger partial charge in [0, 0.05) is 6.20 Å². The van der Waals surface area contributed by atoms with Crippen LogP contribution in [-0.4, -0.2) is 15.0 Å². The van der Waals surface area contributed by atoms with E-state index in [4.69, 9.17) is 11.6 Å². The van der Waals surface area contributed by atoms with Gasteiger partial charge in [0.15, 0.2) is 0 Å². The molecule has 0 N–H and O–H groups in total. The van der Waals surface area contributed by atoms with Crippen LogP contribution in [0, 0.1) is 6.92 Å². The Labute approximate surface area is 74.4 Å². The molecule has 0 unspecified atom stereocenters. The van der Waals surface area contributed by atoms with Crippen molar-refractivity contribution in [2.45, 2.75) is 6.92 Å². The molecule has 0 saturated carbocycles. The van der Waals surface area contributed by atoms with E-state index in [9.17, 15) is 0 Å². The highest BCUT2D eigenvalue weighted by molar-refractivity contribution is 6.29. The molecule has 4 heteroatoms. The summed E-state index contributed by atoms with van der Waals surface area (Å²) < 4.78 is 0. The van der Waals surface area contributed by atoms with E-state index >= 15 is 0 Å². The van der Waals surface area contributed by atoms with Gasteiger partial charge in [0.1, 0.15) is 10.7 Å². The zero-order chi connectivity index (χ0) is 8.55. The number of hydrogen-bond acceptors (Lipinski definition) is 3. The second-order valence-electron chi connectivity index (χ2n) is 2.46. The fourth-order valence-electron chi connectivity index (χ4n) is 1.06. The lowest BCUT2D eigenvalue weighted by Crippen LogP contribution is -1.89. The van der Waals surface area contributed by atoms with E-state index in [1.165, 1.54) is 6.20 Å². The lowest BCUT2D eigenvalue weighted by atomic mass is 10.3. The standard InChI is InChI=1S/C8H6ClN3/c1-5-8-6(2-3-10-5)12-7(9)4-11-8/h2-4H,1H3. The molecule has 0 aliphatic rings. The first kappa shape index (κ1) is 7.43. The van der Waals surface area contributed by atoms with Crippen LogP contribution in [0.1, 0.15) is 5.69 Å². The molecule has 2 aromatic rings. The van der Waals surface area contributed by atoms with E-state index in [-0.39, 0.29) is 0 Å². The summed E-state index contributed by atoms with van der Waals surface area (Å²) in [5.41, 5.74) is 2.47. The third kappa shape index (κ3) is 1.12. The van der Waals surface area contributed by atoms with Crippen molar-refractivity contribution in [2.75, 3.05) is 0 Å². The molecule has 3 nitrogen and oxygen atoms in total. The topological polar surface area (TPSA) is 38.7 Å². The highest BCUT2D eigenvalue weighted by Gasteiger charge is 2.00. The molecule has 60 valence electrons. The minimum Gasteiger partial charge on any atom is -0.259 e. The van der Waals surface area contributed by atoms with E-state index in [2.05, 4.69) is 15.0 Å². The monoisotopic (exact) mass is 179 g/mol. The van der Waals surface area contributed by atoms with Crippen LogP contribution in [0.3, 0.4) is 0 Å². The van der Waals surface area contributed by atoms with Crippen LogP contribution >= 0.6 is 11.6 Å². The van der Waals surface area contributed by atoms with Gasteiger partial charge in [-0.2, -0.15) is 0 Å². The molecule has 0 aliphatic heterocycles. The Morgan fingerprint density at radius 1 is 1.33 bits per heavy atom. The maximum atomic E-state index is 5.68. The normalized spacial score (nSPS) is 10.5. The highest BCUT2D eigenvalue weighted by Crippen LogP contribution is 2.13. The number of hydrogen-bond donors (Lipinski definition) is 0. The summed E-state index contributed by atoms with van der Waals surface area (Å²) in [5, 5.41) is 0.410. The molecule has 12 heavy (non-hydrogen) atoms. The van der Waals surface area contributed by atoms with Crippen LogP contribution in [0.2, 0.25) is 5.15 Å². The summed E-state index contributed by atoms with van der Waals surface area (Å²) in [6, 6.07) is 1.79. The van der Waals surface area contributed by atoms with Crippen molar-refractivity contribution >= 4 is 22.6 Å². The van der Waals surface area contributed by atoms with Gasteiger partial charge in [0.25, 0.3) is 0 Å². The van der Waals surface area contributed by atoms with Crippen molar-refractivity contribution in [3.63, 3.8) is 0 Å². The predicted octanol–water partition coefficient (Wildman–Crippen LogP) is 1.99. The first-order valence-electron chi connectivity index (χ1n) is 3.51.